The molecule has 0 aliphatic carbocycles. The second-order valence-electron chi connectivity index (χ2n) is 7.51. The summed E-state index contributed by atoms with van der Waals surface area (Å²) >= 11 is 8.17. The number of benzene rings is 1. The average molecular weight is 571 g/mol. The van der Waals surface area contributed by atoms with E-state index in [1.807, 2.05) is 0 Å². The number of alkyl halides is 2. The second kappa shape index (κ2) is 11.7. The van der Waals surface area contributed by atoms with Crippen molar-refractivity contribution >= 4 is 63.5 Å². The van der Waals surface area contributed by atoms with Crippen LogP contribution in [0.25, 0.3) is 0 Å². The van der Waals surface area contributed by atoms with Gasteiger partial charge in [-0.2, -0.15) is 9.36 Å². The molecule has 0 spiro atoms. The minimum absolute atomic E-state index is 0.0157. The summed E-state index contributed by atoms with van der Waals surface area (Å²) in [6.45, 7) is -1.32. The van der Waals surface area contributed by atoms with E-state index >= 15 is 0 Å². The summed E-state index contributed by atoms with van der Waals surface area (Å²) in [5.41, 5.74) is 6.40. The number of amides is 2. The Morgan fingerprint density at radius 1 is 1.35 bits per heavy atom. The van der Waals surface area contributed by atoms with Gasteiger partial charge in [0, 0.05) is 23.2 Å². The van der Waals surface area contributed by atoms with Crippen molar-refractivity contribution in [2.24, 2.45) is 5.16 Å². The standard InChI is InChI=1S/C21H20ClFN6O6S2/c1-33-12-4-2-10(3-5-12)7-34-20(32)15-11(6-22)8-36-19-14(18(31)29(15)19)25-17(30)13(27-35-9-23)16-26-21(24)37-28-16/h2-5,14,19H,6-9H2,1H3,(H,25,30)(H2,24,26,28)/b27-13-/t14-,19-/m1/s1. The number of carbonyl (C=O) groups is 3. The van der Waals surface area contributed by atoms with Crippen LogP contribution in [0.1, 0.15) is 11.4 Å². The largest absolute Gasteiger partial charge is 0.497 e. The maximum atomic E-state index is 13.0. The van der Waals surface area contributed by atoms with Crippen LogP contribution in [0.4, 0.5) is 9.52 Å². The highest BCUT2D eigenvalue weighted by Crippen LogP contribution is 2.41. The van der Waals surface area contributed by atoms with Gasteiger partial charge < -0.3 is 25.4 Å². The third kappa shape index (κ3) is 5.62. The Bertz CT molecular complexity index is 1260. The normalized spacial score (nSPS) is 19.2. The lowest BCUT2D eigenvalue weighted by Crippen LogP contribution is -2.71. The third-order valence-corrected chi connectivity index (χ3v) is 7.50. The van der Waals surface area contributed by atoms with Crippen LogP contribution in [0.3, 0.4) is 0 Å². The van der Waals surface area contributed by atoms with Crippen LogP contribution in [0.5, 0.6) is 5.75 Å². The summed E-state index contributed by atoms with van der Waals surface area (Å²) in [4.78, 5) is 48.3. The molecule has 0 saturated carbocycles. The first-order valence-corrected chi connectivity index (χ1v) is 12.9. The summed E-state index contributed by atoms with van der Waals surface area (Å²) < 4.78 is 26.9. The highest BCUT2D eigenvalue weighted by atomic mass is 35.5. The SMILES string of the molecule is COc1ccc(COC(=O)C2=C(CCl)CS[C@@H]3[C@H](NC(=O)/C(=N\OCF)c4nsc(N)n4)C(=O)N23)cc1. The molecule has 1 aromatic heterocycles. The average Bonchev–Trinajstić information content (AvgIpc) is 3.35. The van der Waals surface area contributed by atoms with E-state index in [1.54, 1.807) is 31.4 Å². The van der Waals surface area contributed by atoms with E-state index in [9.17, 15) is 18.8 Å². The van der Waals surface area contributed by atoms with Crippen LogP contribution in [0.2, 0.25) is 0 Å². The fraction of sp³-hybridized carbons (Fsp3) is 0.333. The number of hydrogen-bond donors (Lipinski definition) is 2. The van der Waals surface area contributed by atoms with Gasteiger partial charge in [0.25, 0.3) is 18.7 Å². The van der Waals surface area contributed by atoms with Crippen molar-refractivity contribution in [3.05, 3.63) is 46.9 Å². The number of nitrogens with two attached hydrogens (primary N) is 1. The number of fused-ring (bicyclic) bond motifs is 1. The summed E-state index contributed by atoms with van der Waals surface area (Å²) in [5.74, 6) is -1.31. The number of methoxy groups -OCH3 is 1. The van der Waals surface area contributed by atoms with Crippen LogP contribution >= 0.6 is 34.9 Å². The van der Waals surface area contributed by atoms with Gasteiger partial charge >= 0.3 is 5.97 Å². The molecule has 0 radical (unpaired) electrons. The van der Waals surface area contributed by atoms with E-state index in [0.29, 0.717) is 17.1 Å². The number of anilines is 1. The molecule has 2 aromatic rings. The third-order valence-electron chi connectivity index (χ3n) is 5.29. The Kier molecular flexibility index (Phi) is 8.45. The monoisotopic (exact) mass is 570 g/mol. The van der Waals surface area contributed by atoms with Gasteiger partial charge in [0.15, 0.2) is 5.13 Å². The number of hydrogen-bond acceptors (Lipinski definition) is 12. The number of aromatic nitrogens is 2. The zero-order valence-electron chi connectivity index (χ0n) is 19.2. The van der Waals surface area contributed by atoms with Gasteiger partial charge in [-0.05, 0) is 23.3 Å². The molecule has 2 amide bonds. The molecule has 2 atom stereocenters. The minimum Gasteiger partial charge on any atom is -0.497 e. The van der Waals surface area contributed by atoms with Gasteiger partial charge in [-0.1, -0.05) is 17.3 Å². The van der Waals surface area contributed by atoms with Crippen molar-refractivity contribution in [3.8, 4) is 5.75 Å². The molecule has 0 unspecified atom stereocenters. The minimum atomic E-state index is -1.29. The van der Waals surface area contributed by atoms with E-state index in [1.165, 1.54) is 16.7 Å². The topological polar surface area (TPSA) is 158 Å². The Morgan fingerprint density at radius 3 is 2.73 bits per heavy atom. The van der Waals surface area contributed by atoms with E-state index in [0.717, 1.165) is 17.1 Å². The van der Waals surface area contributed by atoms with Gasteiger partial charge in [0.2, 0.25) is 11.5 Å². The van der Waals surface area contributed by atoms with Crippen molar-refractivity contribution in [2.45, 2.75) is 18.0 Å². The van der Waals surface area contributed by atoms with Crippen LogP contribution in [0.15, 0.2) is 40.7 Å². The Balaban J connectivity index is 1.46. The first-order valence-electron chi connectivity index (χ1n) is 10.6. The van der Waals surface area contributed by atoms with Crippen LogP contribution < -0.4 is 15.8 Å². The number of carbonyl (C=O) groups excluding carboxylic acids is 3. The second-order valence-corrected chi connectivity index (χ2v) is 9.66. The van der Waals surface area contributed by atoms with Crippen LogP contribution in [-0.4, -0.2) is 74.8 Å². The molecule has 16 heteroatoms. The molecular weight excluding hydrogens is 551 g/mol. The van der Waals surface area contributed by atoms with Gasteiger partial charge in [0.05, 0.1) is 7.11 Å². The predicted octanol–water partition coefficient (Wildman–Crippen LogP) is 1.41. The summed E-state index contributed by atoms with van der Waals surface area (Å²) in [5, 5.41) is 5.39. The maximum absolute atomic E-state index is 13.0. The zero-order chi connectivity index (χ0) is 26.5. The number of ether oxygens (including phenoxy) is 2. The molecule has 3 N–H and O–H groups in total. The van der Waals surface area contributed by atoms with E-state index in [-0.39, 0.29) is 29.1 Å². The number of halogens is 2. The molecule has 12 nitrogen and oxygen atoms in total. The van der Waals surface area contributed by atoms with Crippen LogP contribution in [-0.2, 0) is 30.6 Å². The van der Waals surface area contributed by atoms with E-state index in [4.69, 9.17) is 26.8 Å². The maximum Gasteiger partial charge on any atom is 0.355 e. The fourth-order valence-electron chi connectivity index (χ4n) is 3.53. The van der Waals surface area contributed by atoms with Gasteiger partial charge in [-0.15, -0.1) is 23.4 Å². The van der Waals surface area contributed by atoms with Gasteiger partial charge in [-0.25, -0.2) is 9.18 Å². The summed E-state index contributed by atoms with van der Waals surface area (Å²) in [7, 11) is 1.55. The summed E-state index contributed by atoms with van der Waals surface area (Å²) in [6, 6.07) is 5.96. The van der Waals surface area contributed by atoms with Crippen molar-refractivity contribution in [1.82, 2.24) is 19.6 Å². The number of nitrogen functional groups attached to an aromatic ring is 1. The number of thioether (sulfide) groups is 1. The highest BCUT2D eigenvalue weighted by Gasteiger charge is 2.54. The first kappa shape index (κ1) is 26.6. The molecule has 2 aliphatic rings. The molecule has 4 rings (SSSR count). The van der Waals surface area contributed by atoms with E-state index < -0.39 is 41.8 Å². The van der Waals surface area contributed by atoms with Crippen LogP contribution in [0, 0.1) is 0 Å². The van der Waals surface area contributed by atoms with Gasteiger partial charge in [-0.3, -0.25) is 14.5 Å². The lowest BCUT2D eigenvalue weighted by molar-refractivity contribution is -0.153. The van der Waals surface area contributed by atoms with E-state index in [2.05, 4.69) is 24.7 Å². The Labute approximate surface area is 223 Å². The predicted molar refractivity (Wildman–Crippen MR) is 133 cm³/mol. The number of β-lactam (4-membered cyclic amide) rings is 1. The molecule has 37 heavy (non-hydrogen) atoms. The number of nitrogens with zero attached hydrogens (tertiary/aromatic N) is 4. The molecular formula is C21H20ClFN6O6S2. The molecule has 1 saturated heterocycles. The van der Waals surface area contributed by atoms with Crippen molar-refractivity contribution in [3.63, 3.8) is 0 Å². The molecule has 196 valence electrons. The number of oxime groups is 1. The Morgan fingerprint density at radius 2 is 2.11 bits per heavy atom. The number of rotatable bonds is 10. The molecule has 0 bridgehead atoms. The molecule has 3 heterocycles. The summed E-state index contributed by atoms with van der Waals surface area (Å²) in [6.07, 6.45) is 0. The number of esters is 1. The quantitative estimate of drug-likeness (QED) is 0.141. The Hall–Kier alpha value is -3.43. The van der Waals surface area contributed by atoms with Gasteiger partial charge in [0.1, 0.15) is 29.5 Å². The van der Waals surface area contributed by atoms with Crippen molar-refractivity contribution < 1.29 is 33.1 Å². The molecule has 2 aliphatic heterocycles. The first-order chi connectivity index (χ1) is 17.9. The lowest BCUT2D eigenvalue weighted by Gasteiger charge is -2.49. The smallest absolute Gasteiger partial charge is 0.355 e. The number of nitrogens with one attached hydrogen (secondary N) is 1. The molecule has 1 aromatic carbocycles. The fourth-order valence-corrected chi connectivity index (χ4v) is 5.64. The molecule has 1 fully saturated rings. The zero-order valence-corrected chi connectivity index (χ0v) is 21.6. The highest BCUT2D eigenvalue weighted by molar-refractivity contribution is 8.00. The van der Waals surface area contributed by atoms with Crippen molar-refractivity contribution in [2.75, 3.05) is 31.3 Å². The van der Waals surface area contributed by atoms with Crippen molar-refractivity contribution in [1.29, 1.82) is 0 Å². The lowest BCUT2D eigenvalue weighted by atomic mass is 10.0.